The number of halogens is 1. The molecular formula is C17H17ClN4O2S3. The highest BCUT2D eigenvalue weighted by Crippen LogP contribution is 2.29. The zero-order valence-electron chi connectivity index (χ0n) is 14.6. The van der Waals surface area contributed by atoms with Crippen LogP contribution in [0.15, 0.2) is 40.7 Å². The molecule has 0 aliphatic rings. The summed E-state index contributed by atoms with van der Waals surface area (Å²) in [5.41, 5.74) is 0.868. The van der Waals surface area contributed by atoms with Gasteiger partial charge in [-0.2, -0.15) is 0 Å². The number of carbonyl (C=O) groups excluding carboxylic acids is 1. The Labute approximate surface area is 174 Å². The van der Waals surface area contributed by atoms with Crippen LogP contribution >= 0.6 is 46.0 Å². The number of carbonyl (C=O) groups is 1. The van der Waals surface area contributed by atoms with E-state index in [9.17, 15) is 4.79 Å². The third-order valence-electron chi connectivity index (χ3n) is 3.49. The monoisotopic (exact) mass is 440 g/mol. The minimum Gasteiger partial charge on any atom is -0.497 e. The number of hydrogen-bond donors (Lipinski definition) is 1. The van der Waals surface area contributed by atoms with Gasteiger partial charge in [0.05, 0.1) is 23.7 Å². The number of methoxy groups -OCH3 is 1. The first-order valence-corrected chi connectivity index (χ1v) is 10.9. The van der Waals surface area contributed by atoms with Gasteiger partial charge in [-0.25, -0.2) is 0 Å². The van der Waals surface area contributed by atoms with Crippen molar-refractivity contribution in [3.8, 4) is 5.75 Å². The van der Waals surface area contributed by atoms with Gasteiger partial charge in [0, 0.05) is 23.7 Å². The Balaban J connectivity index is 1.50. The minimum atomic E-state index is 0.0297. The summed E-state index contributed by atoms with van der Waals surface area (Å²) in [6.07, 6.45) is 0. The maximum atomic E-state index is 12.3. The molecule has 0 fully saturated rings. The predicted octanol–water partition coefficient (Wildman–Crippen LogP) is 4.76. The summed E-state index contributed by atoms with van der Waals surface area (Å²) < 4.78 is 6.67. The molecule has 0 spiro atoms. The molecular weight excluding hydrogens is 424 g/mol. The predicted molar refractivity (Wildman–Crippen MR) is 113 cm³/mol. The summed E-state index contributed by atoms with van der Waals surface area (Å²) in [5.74, 6) is 1.10. The average molecular weight is 441 g/mol. The molecule has 0 bridgehead atoms. The number of nitrogens with one attached hydrogen (secondary N) is 1. The molecule has 3 rings (SSSR count). The molecule has 0 unspecified atom stereocenters. The number of anilines is 2. The molecule has 0 atom stereocenters. The van der Waals surface area contributed by atoms with E-state index in [1.807, 2.05) is 36.4 Å². The highest BCUT2D eigenvalue weighted by atomic mass is 35.5. The minimum absolute atomic E-state index is 0.0297. The normalized spacial score (nSPS) is 10.6. The number of thiophene rings is 1. The first-order valence-electron chi connectivity index (χ1n) is 7.89. The van der Waals surface area contributed by atoms with Gasteiger partial charge in [0.2, 0.25) is 11.0 Å². The fourth-order valence-corrected chi connectivity index (χ4v) is 4.99. The number of aromatic nitrogens is 2. The van der Waals surface area contributed by atoms with E-state index in [1.165, 1.54) is 34.4 Å². The zero-order valence-corrected chi connectivity index (χ0v) is 17.8. The highest BCUT2D eigenvalue weighted by Gasteiger charge is 2.13. The Hall–Kier alpha value is -1.81. The van der Waals surface area contributed by atoms with Crippen LogP contribution in [0, 0.1) is 0 Å². The maximum absolute atomic E-state index is 12.3. The zero-order chi connectivity index (χ0) is 19.2. The van der Waals surface area contributed by atoms with Gasteiger partial charge < -0.3 is 15.0 Å². The molecule has 3 aromatic rings. The van der Waals surface area contributed by atoms with E-state index in [2.05, 4.69) is 15.5 Å². The van der Waals surface area contributed by atoms with Crippen LogP contribution < -0.4 is 10.1 Å². The summed E-state index contributed by atoms with van der Waals surface area (Å²) in [5, 5.41) is 12.1. The molecule has 1 aromatic carbocycles. The molecule has 0 aliphatic heterocycles. The van der Waals surface area contributed by atoms with E-state index in [1.54, 1.807) is 19.1 Å². The van der Waals surface area contributed by atoms with E-state index >= 15 is 0 Å². The lowest BCUT2D eigenvalue weighted by atomic mass is 10.3. The molecule has 1 N–H and O–H groups in total. The van der Waals surface area contributed by atoms with E-state index in [0.29, 0.717) is 17.4 Å². The number of ether oxygens (including phenoxy) is 1. The van der Waals surface area contributed by atoms with Crippen molar-refractivity contribution in [2.75, 3.05) is 25.2 Å². The van der Waals surface area contributed by atoms with Crippen LogP contribution in [-0.4, -0.2) is 40.9 Å². The Kier molecular flexibility index (Phi) is 6.95. The molecule has 0 saturated carbocycles. The fraction of sp³-hybridized carbons (Fsp3) is 0.235. The second-order valence-electron chi connectivity index (χ2n) is 5.47. The van der Waals surface area contributed by atoms with Crippen molar-refractivity contribution in [3.05, 3.63) is 45.6 Å². The molecule has 1 amide bonds. The van der Waals surface area contributed by atoms with Crippen molar-refractivity contribution in [2.24, 2.45) is 0 Å². The molecule has 2 heterocycles. The molecule has 0 radical (unpaired) electrons. The number of amides is 1. The number of benzene rings is 1. The number of rotatable bonds is 8. The summed E-state index contributed by atoms with van der Waals surface area (Å²) in [4.78, 5) is 15.0. The molecule has 0 saturated heterocycles. The Bertz CT molecular complexity index is 915. The quantitative estimate of drug-likeness (QED) is 0.509. The molecule has 10 heteroatoms. The number of thioether (sulfide) groups is 1. The SMILES string of the molecule is COc1cccc(Nc2nnc(SCC(=O)N(C)Cc3ccc(Cl)s3)s2)c1. The highest BCUT2D eigenvalue weighted by molar-refractivity contribution is 8.01. The van der Waals surface area contributed by atoms with Crippen LogP contribution in [0.3, 0.4) is 0 Å². The fourth-order valence-electron chi connectivity index (χ4n) is 2.14. The lowest BCUT2D eigenvalue weighted by molar-refractivity contribution is -0.127. The third-order valence-corrected chi connectivity index (χ3v) is 6.67. The van der Waals surface area contributed by atoms with Gasteiger partial charge in [0.1, 0.15) is 5.75 Å². The van der Waals surface area contributed by atoms with Gasteiger partial charge in [0.25, 0.3) is 0 Å². The topological polar surface area (TPSA) is 67.3 Å². The molecule has 142 valence electrons. The van der Waals surface area contributed by atoms with Gasteiger partial charge in [-0.15, -0.1) is 21.5 Å². The molecule has 2 aromatic heterocycles. The van der Waals surface area contributed by atoms with Crippen LogP contribution in [0.5, 0.6) is 5.75 Å². The maximum Gasteiger partial charge on any atom is 0.233 e. The average Bonchev–Trinajstić information content (AvgIpc) is 3.28. The summed E-state index contributed by atoms with van der Waals surface area (Å²) in [7, 11) is 3.41. The van der Waals surface area contributed by atoms with Crippen LogP contribution in [0.4, 0.5) is 10.8 Å². The van der Waals surface area contributed by atoms with Crippen LogP contribution in [0.2, 0.25) is 4.34 Å². The van der Waals surface area contributed by atoms with Gasteiger partial charge in [-0.05, 0) is 24.3 Å². The van der Waals surface area contributed by atoms with E-state index < -0.39 is 0 Å². The second kappa shape index (κ2) is 9.41. The van der Waals surface area contributed by atoms with Crippen molar-refractivity contribution in [2.45, 2.75) is 10.9 Å². The number of hydrogen-bond acceptors (Lipinski definition) is 8. The number of nitrogens with zero attached hydrogens (tertiary/aromatic N) is 3. The lowest BCUT2D eigenvalue weighted by Crippen LogP contribution is -2.27. The van der Waals surface area contributed by atoms with Gasteiger partial charge in [-0.1, -0.05) is 40.8 Å². The molecule has 0 aliphatic carbocycles. The summed E-state index contributed by atoms with van der Waals surface area (Å²) in [6, 6.07) is 11.3. The summed E-state index contributed by atoms with van der Waals surface area (Å²) >= 11 is 10.2. The van der Waals surface area contributed by atoms with Gasteiger partial charge in [-0.3, -0.25) is 4.79 Å². The van der Waals surface area contributed by atoms with Crippen molar-refractivity contribution >= 4 is 62.8 Å². The molecule has 27 heavy (non-hydrogen) atoms. The third kappa shape index (κ3) is 5.83. The second-order valence-corrected chi connectivity index (χ2v) is 9.47. The lowest BCUT2D eigenvalue weighted by Gasteiger charge is -2.15. The van der Waals surface area contributed by atoms with E-state index in [4.69, 9.17) is 16.3 Å². The Morgan fingerprint density at radius 2 is 2.15 bits per heavy atom. The standard InChI is InChI=1S/C17H17ClN4O2S3/c1-22(9-13-6-7-14(18)26-13)15(23)10-25-17-21-20-16(27-17)19-11-4-3-5-12(8-11)24-2/h3-8H,9-10H2,1-2H3,(H,19,20). The Morgan fingerprint density at radius 1 is 1.30 bits per heavy atom. The van der Waals surface area contributed by atoms with Crippen LogP contribution in [-0.2, 0) is 11.3 Å². The Morgan fingerprint density at radius 3 is 2.89 bits per heavy atom. The first kappa shape index (κ1) is 19.9. The van der Waals surface area contributed by atoms with E-state index in [0.717, 1.165) is 25.0 Å². The van der Waals surface area contributed by atoms with Crippen molar-refractivity contribution in [1.29, 1.82) is 0 Å². The smallest absolute Gasteiger partial charge is 0.233 e. The van der Waals surface area contributed by atoms with Crippen molar-refractivity contribution in [3.63, 3.8) is 0 Å². The first-order chi connectivity index (χ1) is 13.0. The molecule has 6 nitrogen and oxygen atoms in total. The van der Waals surface area contributed by atoms with Gasteiger partial charge >= 0.3 is 0 Å². The van der Waals surface area contributed by atoms with Crippen LogP contribution in [0.1, 0.15) is 4.88 Å². The van der Waals surface area contributed by atoms with Crippen molar-refractivity contribution in [1.82, 2.24) is 15.1 Å². The van der Waals surface area contributed by atoms with Gasteiger partial charge in [0.15, 0.2) is 4.34 Å². The van der Waals surface area contributed by atoms with E-state index in [-0.39, 0.29) is 5.91 Å². The largest absolute Gasteiger partial charge is 0.497 e. The summed E-state index contributed by atoms with van der Waals surface area (Å²) in [6.45, 7) is 0.551. The van der Waals surface area contributed by atoms with Crippen molar-refractivity contribution < 1.29 is 9.53 Å². The van der Waals surface area contributed by atoms with Crippen LogP contribution in [0.25, 0.3) is 0 Å².